The Bertz CT molecular complexity index is 708. The van der Waals surface area contributed by atoms with Gasteiger partial charge in [0.05, 0.1) is 0 Å². The number of guanidine groups is 1. The molecule has 1 aliphatic heterocycles. The molecular weight excluding hydrogens is 282 g/mol. The second kappa shape index (κ2) is 4.75. The van der Waals surface area contributed by atoms with Crippen LogP contribution in [0.1, 0.15) is 11.8 Å². The van der Waals surface area contributed by atoms with Gasteiger partial charge in [-0.1, -0.05) is 12.1 Å². The van der Waals surface area contributed by atoms with E-state index in [0.717, 1.165) is 21.7 Å². The summed E-state index contributed by atoms with van der Waals surface area (Å²) in [5, 5.41) is 6.03. The minimum absolute atomic E-state index is 0.456. The van der Waals surface area contributed by atoms with E-state index < -0.39 is 5.66 Å². The molecule has 1 aromatic heterocycles. The third kappa shape index (κ3) is 2.16. The van der Waals surface area contributed by atoms with Gasteiger partial charge in [-0.15, -0.1) is 11.3 Å². The largest absolute Gasteiger partial charge is 0.399 e. The summed E-state index contributed by atoms with van der Waals surface area (Å²) < 4.78 is 0. The van der Waals surface area contributed by atoms with Crippen LogP contribution in [0.15, 0.2) is 40.7 Å². The van der Waals surface area contributed by atoms with Crippen molar-refractivity contribution in [2.24, 2.45) is 10.7 Å². The van der Waals surface area contributed by atoms with Gasteiger partial charge in [0.1, 0.15) is 0 Å². The molecule has 4 N–H and O–H groups in total. The van der Waals surface area contributed by atoms with E-state index in [1.165, 1.54) is 0 Å². The molecule has 1 aliphatic rings. The molecule has 0 bridgehead atoms. The van der Waals surface area contributed by atoms with E-state index in [-0.39, 0.29) is 0 Å². The molecule has 0 fully saturated rings. The van der Waals surface area contributed by atoms with Crippen LogP contribution in [0, 0.1) is 0 Å². The molecule has 2 heterocycles. The summed E-state index contributed by atoms with van der Waals surface area (Å²) in [6.07, 6.45) is 0. The summed E-state index contributed by atoms with van der Waals surface area (Å²) in [4.78, 5) is 5.76. The maximum Gasteiger partial charge on any atom is 0.208 e. The molecule has 0 amide bonds. The van der Waals surface area contributed by atoms with Gasteiger partial charge in [0.2, 0.25) is 5.96 Å². The van der Waals surface area contributed by atoms with Gasteiger partial charge in [-0.05, 0) is 41.6 Å². The van der Waals surface area contributed by atoms with Crippen molar-refractivity contribution in [3.05, 3.63) is 40.6 Å². The zero-order valence-corrected chi connectivity index (χ0v) is 13.2. The first kappa shape index (κ1) is 13.9. The van der Waals surface area contributed by atoms with Gasteiger partial charge >= 0.3 is 0 Å². The first-order valence-corrected chi connectivity index (χ1v) is 7.57. The Balaban J connectivity index is 1.99. The van der Waals surface area contributed by atoms with Crippen LogP contribution in [0.25, 0.3) is 11.1 Å². The van der Waals surface area contributed by atoms with Gasteiger partial charge in [0.15, 0.2) is 5.66 Å². The molecule has 0 radical (unpaired) electrons. The van der Waals surface area contributed by atoms with Crippen molar-refractivity contribution in [3.8, 4) is 11.1 Å². The number of nitrogens with two attached hydrogens (primary N) is 2. The molecule has 0 saturated heterocycles. The molecule has 21 heavy (non-hydrogen) atoms. The fraction of sp³-hybridized carbons (Fsp3) is 0.267. The second-order valence-corrected chi connectivity index (χ2v) is 6.27. The highest BCUT2D eigenvalue weighted by molar-refractivity contribution is 7.10. The van der Waals surface area contributed by atoms with Gasteiger partial charge in [-0.25, -0.2) is 4.99 Å². The first-order chi connectivity index (χ1) is 9.91. The molecule has 3 rings (SSSR count). The van der Waals surface area contributed by atoms with Crippen molar-refractivity contribution in [1.82, 2.24) is 10.0 Å². The van der Waals surface area contributed by atoms with Gasteiger partial charge in [0.25, 0.3) is 0 Å². The maximum absolute atomic E-state index is 5.94. The lowest BCUT2D eigenvalue weighted by molar-refractivity contribution is 0.0201. The Morgan fingerprint density at radius 1 is 1.14 bits per heavy atom. The lowest BCUT2D eigenvalue weighted by Gasteiger charge is -2.32. The molecule has 6 heteroatoms. The average Bonchev–Trinajstić information content (AvgIpc) is 3.01. The van der Waals surface area contributed by atoms with Crippen molar-refractivity contribution in [2.75, 3.05) is 19.8 Å². The quantitative estimate of drug-likeness (QED) is 0.835. The Kier molecular flexibility index (Phi) is 3.15. The zero-order valence-electron chi connectivity index (χ0n) is 12.4. The van der Waals surface area contributed by atoms with Crippen molar-refractivity contribution >= 4 is 23.0 Å². The van der Waals surface area contributed by atoms with E-state index in [2.05, 4.69) is 29.4 Å². The van der Waals surface area contributed by atoms with Crippen LogP contribution in [0.3, 0.4) is 0 Å². The van der Waals surface area contributed by atoms with E-state index in [0.29, 0.717) is 5.96 Å². The lowest BCUT2D eigenvalue weighted by Crippen LogP contribution is -2.45. The van der Waals surface area contributed by atoms with E-state index in [1.54, 1.807) is 11.3 Å². The molecule has 110 valence electrons. The Morgan fingerprint density at radius 2 is 1.90 bits per heavy atom. The third-order valence-corrected chi connectivity index (χ3v) is 5.16. The molecule has 2 aromatic rings. The smallest absolute Gasteiger partial charge is 0.208 e. The number of hydrazine groups is 1. The number of benzene rings is 1. The predicted molar refractivity (Wildman–Crippen MR) is 88.7 cm³/mol. The molecule has 5 nitrogen and oxygen atoms in total. The van der Waals surface area contributed by atoms with E-state index in [9.17, 15) is 0 Å². The number of aliphatic imine (C=N–C) groups is 1. The fourth-order valence-electron chi connectivity index (χ4n) is 2.48. The van der Waals surface area contributed by atoms with Crippen LogP contribution in [0.4, 0.5) is 5.69 Å². The Hall–Kier alpha value is -2.05. The summed E-state index contributed by atoms with van der Waals surface area (Å²) in [7, 11) is 3.90. The lowest BCUT2D eigenvalue weighted by atomic mass is 10.1. The van der Waals surface area contributed by atoms with Gasteiger partial charge in [-0.3, -0.25) is 5.01 Å². The monoisotopic (exact) mass is 301 g/mol. The van der Waals surface area contributed by atoms with Crippen LogP contribution < -0.4 is 11.5 Å². The highest BCUT2D eigenvalue weighted by Gasteiger charge is 2.41. The number of hydrogen-bond acceptors (Lipinski definition) is 6. The molecule has 0 spiro atoms. The molecule has 1 unspecified atom stereocenters. The maximum atomic E-state index is 5.94. The summed E-state index contributed by atoms with van der Waals surface area (Å²) >= 11 is 1.68. The van der Waals surface area contributed by atoms with Crippen molar-refractivity contribution in [3.63, 3.8) is 0 Å². The summed E-state index contributed by atoms with van der Waals surface area (Å²) in [6, 6.07) is 10.1. The normalized spacial score (nSPS) is 22.6. The average molecular weight is 301 g/mol. The van der Waals surface area contributed by atoms with Gasteiger partial charge in [0, 0.05) is 24.7 Å². The standard InChI is InChI=1S/C15H19N5S/c1-15(18-14(17)19(2)20(15)3)13-8-11(9-21-13)10-5-4-6-12(16)7-10/h4-9H,16H2,1-3H3,(H2,17,18). The predicted octanol–water partition coefficient (Wildman–Crippen LogP) is 2.28. The third-order valence-electron chi connectivity index (χ3n) is 4.03. The number of anilines is 1. The van der Waals surface area contributed by atoms with Crippen molar-refractivity contribution < 1.29 is 0 Å². The van der Waals surface area contributed by atoms with Crippen molar-refractivity contribution in [1.29, 1.82) is 0 Å². The number of rotatable bonds is 2. The summed E-state index contributed by atoms with van der Waals surface area (Å²) in [6.45, 7) is 2.07. The van der Waals surface area contributed by atoms with Crippen LogP contribution in [-0.2, 0) is 5.66 Å². The molecule has 0 saturated carbocycles. The number of hydrogen-bond donors (Lipinski definition) is 2. The summed E-state index contributed by atoms with van der Waals surface area (Å²) in [5.41, 5.74) is 14.4. The van der Waals surface area contributed by atoms with E-state index in [1.807, 2.05) is 42.3 Å². The highest BCUT2D eigenvalue weighted by atomic mass is 32.1. The van der Waals surface area contributed by atoms with Crippen LogP contribution in [-0.4, -0.2) is 30.1 Å². The number of nitrogens with zero attached hydrogens (tertiary/aromatic N) is 3. The second-order valence-electron chi connectivity index (χ2n) is 5.36. The van der Waals surface area contributed by atoms with Gasteiger partial charge < -0.3 is 11.5 Å². The number of thiophene rings is 1. The minimum atomic E-state index is -0.456. The molecule has 1 atom stereocenters. The fourth-order valence-corrected chi connectivity index (χ4v) is 3.54. The highest BCUT2D eigenvalue weighted by Crippen LogP contribution is 2.39. The Morgan fingerprint density at radius 3 is 2.52 bits per heavy atom. The first-order valence-electron chi connectivity index (χ1n) is 6.69. The Labute approximate surface area is 128 Å². The van der Waals surface area contributed by atoms with E-state index in [4.69, 9.17) is 11.5 Å². The van der Waals surface area contributed by atoms with Crippen molar-refractivity contribution in [2.45, 2.75) is 12.6 Å². The van der Waals surface area contributed by atoms with E-state index >= 15 is 0 Å². The zero-order chi connectivity index (χ0) is 15.2. The minimum Gasteiger partial charge on any atom is -0.399 e. The molecule has 0 aliphatic carbocycles. The van der Waals surface area contributed by atoms with Crippen LogP contribution >= 0.6 is 11.3 Å². The number of nitrogen functional groups attached to an aromatic ring is 1. The topological polar surface area (TPSA) is 70.9 Å². The van der Waals surface area contributed by atoms with Gasteiger partial charge in [-0.2, -0.15) is 5.01 Å². The van der Waals surface area contributed by atoms with Crippen LogP contribution in [0.5, 0.6) is 0 Å². The SMILES string of the molecule is CN1C(N)=NC(C)(c2cc(-c3cccc(N)c3)cs2)N1C. The summed E-state index contributed by atoms with van der Waals surface area (Å²) in [5.74, 6) is 0.527. The molecular formula is C15H19N5S. The van der Waals surface area contributed by atoms with Crippen LogP contribution in [0.2, 0.25) is 0 Å². The molecule has 1 aromatic carbocycles.